The summed E-state index contributed by atoms with van der Waals surface area (Å²) in [4.78, 5) is 10.5. The molecule has 0 aliphatic heterocycles. The number of carbonyl (C=O) groups excluding carboxylic acids is 1. The molecule has 0 amide bonds. The van der Waals surface area contributed by atoms with E-state index in [4.69, 9.17) is 0 Å². The molecular formula is C11H12Br2O. The second-order valence-electron chi connectivity index (χ2n) is 3.35. The van der Waals surface area contributed by atoms with Gasteiger partial charge in [0.15, 0.2) is 0 Å². The van der Waals surface area contributed by atoms with Gasteiger partial charge in [-0.2, -0.15) is 0 Å². The zero-order chi connectivity index (χ0) is 10.6. The van der Waals surface area contributed by atoms with Gasteiger partial charge in [0.25, 0.3) is 0 Å². The van der Waals surface area contributed by atoms with Crippen molar-refractivity contribution in [2.75, 3.05) is 0 Å². The van der Waals surface area contributed by atoms with Gasteiger partial charge in [-0.05, 0) is 30.5 Å². The summed E-state index contributed by atoms with van der Waals surface area (Å²) in [7, 11) is 0. The molecule has 3 heteroatoms. The van der Waals surface area contributed by atoms with E-state index < -0.39 is 0 Å². The van der Waals surface area contributed by atoms with Gasteiger partial charge in [-0.15, -0.1) is 0 Å². The number of carbonyl (C=O) groups is 1. The summed E-state index contributed by atoms with van der Waals surface area (Å²) < 4.78 is 2.20. The Labute approximate surface area is 101 Å². The van der Waals surface area contributed by atoms with Crippen LogP contribution in [-0.4, -0.2) is 6.29 Å². The molecule has 1 aromatic rings. The van der Waals surface area contributed by atoms with E-state index in [9.17, 15) is 4.79 Å². The van der Waals surface area contributed by atoms with Crippen LogP contribution < -0.4 is 0 Å². The Bertz CT molecular complexity index is 303. The molecule has 14 heavy (non-hydrogen) atoms. The van der Waals surface area contributed by atoms with Crippen molar-refractivity contribution < 1.29 is 4.79 Å². The predicted octanol–water partition coefficient (Wildman–Crippen LogP) is 3.98. The van der Waals surface area contributed by atoms with Crippen molar-refractivity contribution in [2.24, 2.45) is 5.92 Å². The topological polar surface area (TPSA) is 17.1 Å². The molecule has 0 N–H and O–H groups in total. The lowest BCUT2D eigenvalue weighted by atomic mass is 10.0. The summed E-state index contributed by atoms with van der Waals surface area (Å²) >= 11 is 7.00. The first-order valence-corrected chi connectivity index (χ1v) is 6.12. The van der Waals surface area contributed by atoms with Crippen LogP contribution >= 0.6 is 31.9 Å². The molecule has 1 aromatic carbocycles. The monoisotopic (exact) mass is 318 g/mol. The molecule has 0 heterocycles. The lowest BCUT2D eigenvalue weighted by Crippen LogP contribution is -1.99. The molecule has 0 fully saturated rings. The predicted molar refractivity (Wildman–Crippen MR) is 65.4 cm³/mol. The van der Waals surface area contributed by atoms with Crippen LogP contribution in [0.2, 0.25) is 0 Å². The molecule has 1 nitrogen and oxygen atoms in total. The Kier molecular flexibility index (Phi) is 4.82. The summed E-state index contributed by atoms with van der Waals surface area (Å²) in [6.07, 6.45) is 2.82. The van der Waals surface area contributed by atoms with Gasteiger partial charge in [-0.3, -0.25) is 0 Å². The summed E-state index contributed by atoms with van der Waals surface area (Å²) in [5, 5.41) is 0. The smallest absolute Gasteiger partial charge is 0.122 e. The van der Waals surface area contributed by atoms with Crippen LogP contribution in [0.25, 0.3) is 0 Å². The molecule has 0 saturated heterocycles. The molecule has 1 rings (SSSR count). The zero-order valence-corrected chi connectivity index (χ0v) is 11.1. The standard InChI is InChI=1S/C11H12Br2O/c1-8(7-14)5-6-9-10(12)3-2-4-11(9)13/h2-4,7-8H,5-6H2,1H3/t8-/m1/s1. The number of rotatable bonds is 4. The third-order valence-corrected chi connectivity index (χ3v) is 3.63. The van der Waals surface area contributed by atoms with Gasteiger partial charge >= 0.3 is 0 Å². The van der Waals surface area contributed by atoms with E-state index in [2.05, 4.69) is 31.9 Å². The number of aldehydes is 1. The molecule has 0 spiro atoms. The minimum atomic E-state index is 0.133. The van der Waals surface area contributed by atoms with E-state index in [-0.39, 0.29) is 5.92 Å². The van der Waals surface area contributed by atoms with Crippen LogP contribution in [0.4, 0.5) is 0 Å². The Morgan fingerprint density at radius 1 is 1.36 bits per heavy atom. The Morgan fingerprint density at radius 3 is 2.43 bits per heavy atom. The fourth-order valence-electron chi connectivity index (χ4n) is 1.21. The average Bonchev–Trinajstić information content (AvgIpc) is 2.16. The van der Waals surface area contributed by atoms with E-state index in [1.165, 1.54) is 5.56 Å². The number of halogens is 2. The molecule has 76 valence electrons. The molecule has 0 aliphatic carbocycles. The third-order valence-electron chi connectivity index (χ3n) is 2.14. The van der Waals surface area contributed by atoms with Gasteiger partial charge in [0.05, 0.1) is 0 Å². The first-order valence-electron chi connectivity index (χ1n) is 4.53. The second-order valence-corrected chi connectivity index (χ2v) is 5.06. The van der Waals surface area contributed by atoms with Crippen molar-refractivity contribution in [1.29, 1.82) is 0 Å². The highest BCUT2D eigenvalue weighted by molar-refractivity contribution is 9.11. The molecule has 0 saturated carbocycles. The minimum Gasteiger partial charge on any atom is -0.303 e. The molecule has 0 bridgehead atoms. The number of hydrogen-bond donors (Lipinski definition) is 0. The number of hydrogen-bond acceptors (Lipinski definition) is 1. The van der Waals surface area contributed by atoms with E-state index in [1.807, 2.05) is 25.1 Å². The fraction of sp³-hybridized carbons (Fsp3) is 0.364. The number of benzene rings is 1. The highest BCUT2D eigenvalue weighted by Crippen LogP contribution is 2.26. The maximum Gasteiger partial charge on any atom is 0.122 e. The lowest BCUT2D eigenvalue weighted by Gasteiger charge is -2.08. The summed E-state index contributed by atoms with van der Waals surface area (Å²) in [5.41, 5.74) is 1.24. The second kappa shape index (κ2) is 5.66. The molecule has 0 aromatic heterocycles. The normalized spacial score (nSPS) is 12.5. The molecule has 0 aliphatic rings. The largest absolute Gasteiger partial charge is 0.303 e. The Balaban J connectivity index is 2.71. The third kappa shape index (κ3) is 3.21. The quantitative estimate of drug-likeness (QED) is 0.767. The van der Waals surface area contributed by atoms with E-state index >= 15 is 0 Å². The lowest BCUT2D eigenvalue weighted by molar-refractivity contribution is -0.110. The fourth-order valence-corrected chi connectivity index (χ4v) is 2.61. The maximum atomic E-state index is 10.5. The van der Waals surface area contributed by atoms with Crippen molar-refractivity contribution in [3.05, 3.63) is 32.7 Å². The SMILES string of the molecule is C[C@@H](C=O)CCc1c(Br)cccc1Br. The van der Waals surface area contributed by atoms with Crippen molar-refractivity contribution in [2.45, 2.75) is 19.8 Å². The van der Waals surface area contributed by atoms with Gasteiger partial charge in [0.1, 0.15) is 6.29 Å². The van der Waals surface area contributed by atoms with Crippen LogP contribution in [0.5, 0.6) is 0 Å². The molecular weight excluding hydrogens is 308 g/mol. The Hall–Kier alpha value is -0.150. The van der Waals surface area contributed by atoms with Gasteiger partial charge in [0.2, 0.25) is 0 Å². The van der Waals surface area contributed by atoms with Gasteiger partial charge < -0.3 is 4.79 Å². The minimum absolute atomic E-state index is 0.133. The first-order chi connectivity index (χ1) is 6.65. The highest BCUT2D eigenvalue weighted by Gasteiger charge is 2.06. The molecule has 0 unspecified atom stereocenters. The Morgan fingerprint density at radius 2 is 1.93 bits per heavy atom. The summed E-state index contributed by atoms with van der Waals surface area (Å²) in [5.74, 6) is 0.133. The van der Waals surface area contributed by atoms with Crippen molar-refractivity contribution in [1.82, 2.24) is 0 Å². The van der Waals surface area contributed by atoms with Crippen molar-refractivity contribution in [3.63, 3.8) is 0 Å². The maximum absolute atomic E-state index is 10.5. The highest BCUT2D eigenvalue weighted by atomic mass is 79.9. The van der Waals surface area contributed by atoms with Gasteiger partial charge in [-0.25, -0.2) is 0 Å². The van der Waals surface area contributed by atoms with Gasteiger partial charge in [-0.1, -0.05) is 44.8 Å². The molecule has 1 atom stereocenters. The van der Waals surface area contributed by atoms with Crippen molar-refractivity contribution in [3.8, 4) is 0 Å². The van der Waals surface area contributed by atoms with Crippen LogP contribution in [0.3, 0.4) is 0 Å². The summed E-state index contributed by atoms with van der Waals surface area (Å²) in [6, 6.07) is 6.03. The van der Waals surface area contributed by atoms with Crippen molar-refractivity contribution >= 4 is 38.1 Å². The van der Waals surface area contributed by atoms with Gasteiger partial charge in [0, 0.05) is 14.9 Å². The van der Waals surface area contributed by atoms with Crippen LogP contribution in [0, 0.1) is 5.92 Å². The summed E-state index contributed by atoms with van der Waals surface area (Å²) in [6.45, 7) is 1.94. The van der Waals surface area contributed by atoms with E-state index in [1.54, 1.807) is 0 Å². The average molecular weight is 320 g/mol. The van der Waals surface area contributed by atoms with Crippen LogP contribution in [-0.2, 0) is 11.2 Å². The van der Waals surface area contributed by atoms with E-state index in [0.717, 1.165) is 28.1 Å². The first kappa shape index (κ1) is 11.9. The zero-order valence-electron chi connectivity index (χ0n) is 7.97. The molecule has 0 radical (unpaired) electrons. The van der Waals surface area contributed by atoms with E-state index in [0.29, 0.717) is 0 Å². The van der Waals surface area contributed by atoms with Crippen LogP contribution in [0.15, 0.2) is 27.1 Å². The van der Waals surface area contributed by atoms with Crippen LogP contribution in [0.1, 0.15) is 18.9 Å².